The van der Waals surface area contributed by atoms with E-state index in [4.69, 9.17) is 0 Å². The van der Waals surface area contributed by atoms with Crippen LogP contribution in [0.25, 0.3) is 0 Å². The highest BCUT2D eigenvalue weighted by atomic mass is 15.0. The fraction of sp³-hybridized carbons (Fsp3) is 0.385. The molecule has 1 saturated carbocycles. The summed E-state index contributed by atoms with van der Waals surface area (Å²) in [6.45, 7) is 1.67. The van der Waals surface area contributed by atoms with Crippen molar-refractivity contribution in [3.63, 3.8) is 0 Å². The van der Waals surface area contributed by atoms with Gasteiger partial charge in [-0.1, -0.05) is 6.07 Å². The third-order valence-corrected chi connectivity index (χ3v) is 2.92. The highest BCUT2D eigenvalue weighted by molar-refractivity contribution is 5.12. The molecule has 0 saturated heterocycles. The first-order valence-electron chi connectivity index (χ1n) is 6.04. The van der Waals surface area contributed by atoms with Gasteiger partial charge in [-0.3, -0.25) is 4.98 Å². The quantitative estimate of drug-likeness (QED) is 0.845. The van der Waals surface area contributed by atoms with E-state index in [9.17, 15) is 0 Å². The van der Waals surface area contributed by atoms with Gasteiger partial charge in [0.1, 0.15) is 0 Å². The van der Waals surface area contributed by atoms with Crippen LogP contribution in [0, 0.1) is 0 Å². The second-order valence-electron chi connectivity index (χ2n) is 4.51. The number of imidazole rings is 1. The molecule has 0 aliphatic heterocycles. The van der Waals surface area contributed by atoms with E-state index in [-0.39, 0.29) is 0 Å². The fourth-order valence-electron chi connectivity index (χ4n) is 1.82. The van der Waals surface area contributed by atoms with Crippen LogP contribution in [0.2, 0.25) is 0 Å². The summed E-state index contributed by atoms with van der Waals surface area (Å²) in [6.07, 6.45) is 8.19. The van der Waals surface area contributed by atoms with Crippen molar-refractivity contribution in [3.8, 4) is 0 Å². The van der Waals surface area contributed by atoms with Crippen molar-refractivity contribution >= 4 is 0 Å². The molecule has 0 amide bonds. The third-order valence-electron chi connectivity index (χ3n) is 2.92. The molecule has 1 aliphatic rings. The van der Waals surface area contributed by atoms with E-state index in [1.165, 1.54) is 12.8 Å². The predicted molar refractivity (Wildman–Crippen MR) is 65.4 cm³/mol. The molecule has 0 atom stereocenters. The first kappa shape index (κ1) is 10.5. The molecule has 3 rings (SSSR count). The van der Waals surface area contributed by atoms with E-state index in [0.717, 1.165) is 30.5 Å². The van der Waals surface area contributed by atoms with Crippen molar-refractivity contribution in [1.29, 1.82) is 0 Å². The monoisotopic (exact) mass is 228 g/mol. The maximum absolute atomic E-state index is 4.64. The minimum Gasteiger partial charge on any atom is -0.331 e. The Hall–Kier alpha value is -1.68. The van der Waals surface area contributed by atoms with Crippen LogP contribution >= 0.6 is 0 Å². The van der Waals surface area contributed by atoms with Crippen LogP contribution in [0.15, 0.2) is 36.9 Å². The molecule has 17 heavy (non-hydrogen) atoms. The Bertz CT molecular complexity index is 474. The summed E-state index contributed by atoms with van der Waals surface area (Å²) in [5.74, 6) is 0. The van der Waals surface area contributed by atoms with E-state index in [2.05, 4.69) is 33.5 Å². The van der Waals surface area contributed by atoms with Crippen LogP contribution in [-0.2, 0) is 13.1 Å². The lowest BCUT2D eigenvalue weighted by Gasteiger charge is -2.06. The number of hydrogen-bond donors (Lipinski definition) is 1. The molecule has 0 aromatic carbocycles. The molecule has 4 nitrogen and oxygen atoms in total. The van der Waals surface area contributed by atoms with Gasteiger partial charge >= 0.3 is 0 Å². The molecular weight excluding hydrogens is 212 g/mol. The fourth-order valence-corrected chi connectivity index (χ4v) is 1.82. The maximum Gasteiger partial charge on any atom is 0.0949 e. The average Bonchev–Trinajstić information content (AvgIpc) is 3.05. The molecule has 0 radical (unpaired) electrons. The van der Waals surface area contributed by atoms with Gasteiger partial charge < -0.3 is 9.88 Å². The minimum absolute atomic E-state index is 0.731. The van der Waals surface area contributed by atoms with Crippen LogP contribution in [0.4, 0.5) is 0 Å². The van der Waals surface area contributed by atoms with Crippen molar-refractivity contribution in [2.45, 2.75) is 32.0 Å². The Balaban J connectivity index is 1.65. The second-order valence-corrected chi connectivity index (χ2v) is 4.51. The van der Waals surface area contributed by atoms with Crippen molar-refractivity contribution in [3.05, 3.63) is 48.3 Å². The molecule has 2 heterocycles. The molecule has 0 bridgehead atoms. The van der Waals surface area contributed by atoms with Gasteiger partial charge in [-0.2, -0.15) is 0 Å². The van der Waals surface area contributed by atoms with Gasteiger partial charge in [0.05, 0.1) is 24.3 Å². The van der Waals surface area contributed by atoms with Crippen molar-refractivity contribution in [2.75, 3.05) is 0 Å². The smallest absolute Gasteiger partial charge is 0.0949 e. The summed E-state index contributed by atoms with van der Waals surface area (Å²) in [4.78, 5) is 8.67. The highest BCUT2D eigenvalue weighted by Crippen LogP contribution is 2.19. The van der Waals surface area contributed by atoms with Gasteiger partial charge in [0.25, 0.3) is 0 Å². The normalized spacial score (nSPS) is 15.1. The molecule has 4 heteroatoms. The molecular formula is C13H16N4. The number of hydrogen-bond acceptors (Lipinski definition) is 3. The molecule has 2 aromatic heterocycles. The summed E-state index contributed by atoms with van der Waals surface area (Å²) in [7, 11) is 0. The Morgan fingerprint density at radius 3 is 2.94 bits per heavy atom. The Morgan fingerprint density at radius 2 is 2.18 bits per heavy atom. The van der Waals surface area contributed by atoms with E-state index >= 15 is 0 Å². The average molecular weight is 228 g/mol. The lowest BCUT2D eigenvalue weighted by molar-refractivity contribution is 0.666. The third kappa shape index (κ3) is 2.91. The van der Waals surface area contributed by atoms with Crippen LogP contribution in [0.5, 0.6) is 0 Å². The summed E-state index contributed by atoms with van der Waals surface area (Å²) in [5.41, 5.74) is 2.20. The van der Waals surface area contributed by atoms with Gasteiger partial charge in [0.2, 0.25) is 0 Å². The standard InChI is InChI=1S/C13H16N4/c1-2-12(8-15-11-4-5-11)16-13(3-1)9-17-7-6-14-10-17/h1-3,6-7,10-11,15H,4-5,8-9H2. The number of nitrogens with one attached hydrogen (secondary N) is 1. The van der Waals surface area contributed by atoms with Crippen molar-refractivity contribution < 1.29 is 0 Å². The number of pyridine rings is 1. The second kappa shape index (κ2) is 4.67. The Labute approximate surface area is 101 Å². The summed E-state index contributed by atoms with van der Waals surface area (Å²) in [5, 5.41) is 3.48. The maximum atomic E-state index is 4.64. The molecule has 88 valence electrons. The predicted octanol–water partition coefficient (Wildman–Crippen LogP) is 1.58. The van der Waals surface area contributed by atoms with Gasteiger partial charge in [-0.05, 0) is 25.0 Å². The Kier molecular flexibility index (Phi) is 2.88. The largest absolute Gasteiger partial charge is 0.331 e. The van der Waals surface area contributed by atoms with Crippen LogP contribution in [0.3, 0.4) is 0 Å². The summed E-state index contributed by atoms with van der Waals surface area (Å²) < 4.78 is 2.03. The topological polar surface area (TPSA) is 42.7 Å². The lowest BCUT2D eigenvalue weighted by Crippen LogP contribution is -2.16. The molecule has 0 spiro atoms. The van der Waals surface area contributed by atoms with E-state index < -0.39 is 0 Å². The van der Waals surface area contributed by atoms with E-state index in [1.54, 1.807) is 6.20 Å². The SMILES string of the molecule is c1cc(CNC2CC2)nc(Cn2ccnc2)c1. The first-order valence-corrected chi connectivity index (χ1v) is 6.04. The van der Waals surface area contributed by atoms with Crippen LogP contribution in [-0.4, -0.2) is 20.6 Å². The Morgan fingerprint density at radius 1 is 1.29 bits per heavy atom. The van der Waals surface area contributed by atoms with Gasteiger partial charge in [0.15, 0.2) is 0 Å². The van der Waals surface area contributed by atoms with Crippen molar-refractivity contribution in [1.82, 2.24) is 19.9 Å². The zero-order valence-electron chi connectivity index (χ0n) is 9.71. The van der Waals surface area contributed by atoms with Crippen LogP contribution < -0.4 is 5.32 Å². The summed E-state index contributed by atoms with van der Waals surface area (Å²) >= 11 is 0. The van der Waals surface area contributed by atoms with Gasteiger partial charge in [-0.15, -0.1) is 0 Å². The first-order chi connectivity index (χ1) is 8.40. The molecule has 1 fully saturated rings. The zero-order chi connectivity index (χ0) is 11.5. The van der Waals surface area contributed by atoms with Gasteiger partial charge in [-0.25, -0.2) is 4.98 Å². The number of aromatic nitrogens is 3. The minimum atomic E-state index is 0.731. The molecule has 0 unspecified atom stereocenters. The number of rotatable bonds is 5. The molecule has 1 N–H and O–H groups in total. The van der Waals surface area contributed by atoms with Gasteiger partial charge in [0, 0.05) is 25.0 Å². The van der Waals surface area contributed by atoms with E-state index in [1.807, 2.05) is 17.1 Å². The zero-order valence-corrected chi connectivity index (χ0v) is 9.71. The highest BCUT2D eigenvalue weighted by Gasteiger charge is 2.20. The van der Waals surface area contributed by atoms with Crippen molar-refractivity contribution in [2.24, 2.45) is 0 Å². The van der Waals surface area contributed by atoms with E-state index in [0.29, 0.717) is 0 Å². The molecule has 2 aromatic rings. The number of nitrogens with zero attached hydrogens (tertiary/aromatic N) is 3. The molecule has 1 aliphatic carbocycles. The summed E-state index contributed by atoms with van der Waals surface area (Å²) in [6, 6.07) is 6.94. The van der Waals surface area contributed by atoms with Crippen LogP contribution in [0.1, 0.15) is 24.2 Å². The lowest BCUT2D eigenvalue weighted by atomic mass is 10.3.